The van der Waals surface area contributed by atoms with E-state index >= 15 is 0 Å². The number of nitrogens with one attached hydrogen (secondary N) is 1. The summed E-state index contributed by atoms with van der Waals surface area (Å²) in [5, 5.41) is 2.98. The van der Waals surface area contributed by atoms with Crippen molar-refractivity contribution in [1.82, 2.24) is 0 Å². The minimum absolute atomic E-state index is 0.0273. The summed E-state index contributed by atoms with van der Waals surface area (Å²) < 4.78 is 5.15. The van der Waals surface area contributed by atoms with E-state index < -0.39 is 0 Å². The summed E-state index contributed by atoms with van der Waals surface area (Å²) in [4.78, 5) is 16.2. The normalized spacial score (nSPS) is 18.8. The predicted octanol–water partition coefficient (Wildman–Crippen LogP) is 5.11. The van der Waals surface area contributed by atoms with Crippen LogP contribution in [0.2, 0.25) is 0 Å². The lowest BCUT2D eigenvalue weighted by molar-refractivity contribution is -0.112. The summed E-state index contributed by atoms with van der Waals surface area (Å²) in [7, 11) is 1.63. The molecule has 0 unspecified atom stereocenters. The van der Waals surface area contributed by atoms with E-state index in [0.29, 0.717) is 0 Å². The Balaban J connectivity index is 1.53. The molecule has 1 aliphatic carbocycles. The standard InChI is InChI=1S/C20H21NO2S2/c1-12-3-8-15-16-11-24-19(10-18(16)25-17(15)9-12)20(22)21-13-4-6-14(23-2)7-5-13/h4-7,10,12H,3,8-9,11H2,1-2H3,(H,21,22)/t12-/m1/s1. The van der Waals surface area contributed by atoms with Crippen LogP contribution < -0.4 is 10.1 Å². The maximum atomic E-state index is 12.6. The summed E-state index contributed by atoms with van der Waals surface area (Å²) >= 11 is 3.54. The third kappa shape index (κ3) is 3.35. The van der Waals surface area contributed by atoms with Gasteiger partial charge >= 0.3 is 0 Å². The number of anilines is 1. The Labute approximate surface area is 156 Å². The van der Waals surface area contributed by atoms with Crippen molar-refractivity contribution in [2.24, 2.45) is 5.92 Å². The quantitative estimate of drug-likeness (QED) is 0.815. The molecule has 0 saturated carbocycles. The molecule has 25 heavy (non-hydrogen) atoms. The fourth-order valence-corrected chi connectivity index (χ4v) is 6.08. The Morgan fingerprint density at radius 1 is 1.24 bits per heavy atom. The second-order valence-electron chi connectivity index (χ2n) is 6.67. The second kappa shape index (κ2) is 6.89. The molecule has 0 bridgehead atoms. The van der Waals surface area contributed by atoms with Crippen LogP contribution in [-0.2, 0) is 23.4 Å². The van der Waals surface area contributed by atoms with Crippen molar-refractivity contribution < 1.29 is 9.53 Å². The number of carbonyl (C=O) groups is 1. The first-order valence-corrected chi connectivity index (χ1v) is 10.4. The van der Waals surface area contributed by atoms with Gasteiger partial charge < -0.3 is 10.1 Å². The first kappa shape index (κ1) is 16.7. The molecule has 130 valence electrons. The van der Waals surface area contributed by atoms with E-state index in [0.717, 1.165) is 28.0 Å². The highest BCUT2D eigenvalue weighted by molar-refractivity contribution is 8.03. The van der Waals surface area contributed by atoms with Gasteiger partial charge in [0, 0.05) is 21.2 Å². The van der Waals surface area contributed by atoms with Gasteiger partial charge in [-0.15, -0.1) is 23.1 Å². The SMILES string of the molecule is COc1ccc(NC(=O)C2=Cc3sc4c(c3CS2)CC[C@@H](C)C4)cc1. The minimum Gasteiger partial charge on any atom is -0.497 e. The molecule has 0 radical (unpaired) electrons. The van der Waals surface area contributed by atoms with E-state index in [1.165, 1.54) is 34.6 Å². The Morgan fingerprint density at radius 2 is 2.04 bits per heavy atom. The monoisotopic (exact) mass is 371 g/mol. The predicted molar refractivity (Wildman–Crippen MR) is 106 cm³/mol. The fourth-order valence-electron chi connectivity index (χ4n) is 3.42. The van der Waals surface area contributed by atoms with Gasteiger partial charge in [-0.3, -0.25) is 4.79 Å². The number of methoxy groups -OCH3 is 1. The highest BCUT2D eigenvalue weighted by Crippen LogP contribution is 2.43. The van der Waals surface area contributed by atoms with Crippen LogP contribution in [-0.4, -0.2) is 13.0 Å². The highest BCUT2D eigenvalue weighted by Gasteiger charge is 2.26. The van der Waals surface area contributed by atoms with Crippen molar-refractivity contribution >= 4 is 40.8 Å². The molecular formula is C20H21NO2S2. The third-order valence-electron chi connectivity index (χ3n) is 4.86. The van der Waals surface area contributed by atoms with E-state index in [1.54, 1.807) is 24.4 Å². The largest absolute Gasteiger partial charge is 0.497 e. The zero-order chi connectivity index (χ0) is 17.4. The average Bonchev–Trinajstić information content (AvgIpc) is 2.98. The van der Waals surface area contributed by atoms with Crippen molar-refractivity contribution in [3.05, 3.63) is 50.1 Å². The van der Waals surface area contributed by atoms with Crippen molar-refractivity contribution in [2.45, 2.75) is 31.9 Å². The number of hydrogen-bond donors (Lipinski definition) is 1. The Kier molecular flexibility index (Phi) is 4.61. The highest BCUT2D eigenvalue weighted by atomic mass is 32.2. The number of ether oxygens (including phenoxy) is 1. The summed E-state index contributed by atoms with van der Waals surface area (Å²) in [5.41, 5.74) is 3.83. The van der Waals surface area contributed by atoms with Crippen molar-refractivity contribution in [2.75, 3.05) is 12.4 Å². The zero-order valence-electron chi connectivity index (χ0n) is 14.4. The molecule has 1 aromatic carbocycles. The van der Waals surface area contributed by atoms with Crippen LogP contribution in [0.25, 0.3) is 6.08 Å². The lowest BCUT2D eigenvalue weighted by Gasteiger charge is -2.20. The molecule has 1 N–H and O–H groups in total. The Hall–Kier alpha value is -1.72. The van der Waals surface area contributed by atoms with Crippen molar-refractivity contribution in [3.63, 3.8) is 0 Å². The molecule has 1 amide bonds. The van der Waals surface area contributed by atoms with Gasteiger partial charge in [0.25, 0.3) is 5.91 Å². The van der Waals surface area contributed by atoms with Gasteiger partial charge in [0.05, 0.1) is 12.0 Å². The number of fused-ring (bicyclic) bond motifs is 3. The van der Waals surface area contributed by atoms with Gasteiger partial charge in [-0.05, 0) is 66.6 Å². The van der Waals surface area contributed by atoms with Crippen LogP contribution in [0.15, 0.2) is 29.2 Å². The number of carbonyl (C=O) groups excluding carboxylic acids is 1. The topological polar surface area (TPSA) is 38.3 Å². The van der Waals surface area contributed by atoms with Crippen LogP contribution in [0.1, 0.15) is 34.2 Å². The first-order valence-electron chi connectivity index (χ1n) is 8.57. The first-order chi connectivity index (χ1) is 12.1. The maximum absolute atomic E-state index is 12.6. The van der Waals surface area contributed by atoms with Gasteiger partial charge in [-0.1, -0.05) is 6.92 Å². The van der Waals surface area contributed by atoms with E-state index in [4.69, 9.17) is 4.74 Å². The fraction of sp³-hybridized carbons (Fsp3) is 0.350. The molecule has 3 nitrogen and oxygen atoms in total. The molecule has 1 atom stereocenters. The number of amides is 1. The Bertz CT molecular complexity index is 836. The summed E-state index contributed by atoms with van der Waals surface area (Å²) in [6.45, 7) is 2.33. The average molecular weight is 372 g/mol. The lowest BCUT2D eigenvalue weighted by atomic mass is 9.88. The Morgan fingerprint density at radius 3 is 2.80 bits per heavy atom. The maximum Gasteiger partial charge on any atom is 0.262 e. The van der Waals surface area contributed by atoms with Crippen LogP contribution in [0.5, 0.6) is 5.75 Å². The van der Waals surface area contributed by atoms with Gasteiger partial charge in [0.15, 0.2) is 0 Å². The minimum atomic E-state index is -0.0273. The van der Waals surface area contributed by atoms with Gasteiger partial charge in [0.1, 0.15) is 5.75 Å². The molecule has 1 aliphatic heterocycles. The van der Waals surface area contributed by atoms with Gasteiger partial charge in [0.2, 0.25) is 0 Å². The number of rotatable bonds is 3. The second-order valence-corrected chi connectivity index (χ2v) is 8.83. The van der Waals surface area contributed by atoms with Crippen LogP contribution in [0, 0.1) is 5.92 Å². The summed E-state index contributed by atoms with van der Waals surface area (Å²) in [6.07, 6.45) is 5.76. The van der Waals surface area contributed by atoms with Crippen LogP contribution >= 0.6 is 23.1 Å². The van der Waals surface area contributed by atoms with Crippen LogP contribution in [0.3, 0.4) is 0 Å². The molecule has 5 heteroatoms. The van der Waals surface area contributed by atoms with E-state index in [1.807, 2.05) is 35.6 Å². The molecule has 4 rings (SSSR count). The van der Waals surface area contributed by atoms with E-state index in [9.17, 15) is 4.79 Å². The molecule has 1 aromatic heterocycles. The molecule has 0 spiro atoms. The molecule has 0 saturated heterocycles. The third-order valence-corrected chi connectivity index (χ3v) is 7.15. The molecular weight excluding hydrogens is 350 g/mol. The zero-order valence-corrected chi connectivity index (χ0v) is 16.1. The molecule has 2 aliphatic rings. The molecule has 2 aromatic rings. The summed E-state index contributed by atoms with van der Waals surface area (Å²) in [6, 6.07) is 7.43. The van der Waals surface area contributed by atoms with E-state index in [2.05, 4.69) is 18.3 Å². The molecule has 0 fully saturated rings. The molecule has 2 heterocycles. The van der Waals surface area contributed by atoms with E-state index in [-0.39, 0.29) is 5.91 Å². The smallest absolute Gasteiger partial charge is 0.262 e. The van der Waals surface area contributed by atoms with Crippen LogP contribution in [0.4, 0.5) is 5.69 Å². The number of thiophene rings is 1. The number of hydrogen-bond acceptors (Lipinski definition) is 4. The number of benzene rings is 1. The van der Waals surface area contributed by atoms with Gasteiger partial charge in [-0.25, -0.2) is 0 Å². The van der Waals surface area contributed by atoms with Crippen molar-refractivity contribution in [3.8, 4) is 5.75 Å². The van der Waals surface area contributed by atoms with Crippen molar-refractivity contribution in [1.29, 1.82) is 0 Å². The summed E-state index contributed by atoms with van der Waals surface area (Å²) in [5.74, 6) is 2.45. The lowest BCUT2D eigenvalue weighted by Crippen LogP contribution is -2.14. The number of thioether (sulfide) groups is 1. The van der Waals surface area contributed by atoms with Gasteiger partial charge in [-0.2, -0.15) is 0 Å².